The average molecular weight is 205 g/mol. The second kappa shape index (κ2) is 7.21. The van der Waals surface area contributed by atoms with Crippen molar-refractivity contribution in [1.82, 2.24) is 5.48 Å². The van der Waals surface area contributed by atoms with Crippen molar-refractivity contribution in [2.75, 3.05) is 0 Å². The van der Waals surface area contributed by atoms with E-state index in [0.29, 0.717) is 0 Å². The quantitative estimate of drug-likeness (QED) is 0.553. The summed E-state index contributed by atoms with van der Waals surface area (Å²) in [7, 11) is 0. The van der Waals surface area contributed by atoms with Gasteiger partial charge in [-0.25, -0.2) is 5.48 Å². The van der Waals surface area contributed by atoms with E-state index in [1.54, 1.807) is 0 Å². The van der Waals surface area contributed by atoms with Crippen LogP contribution in [0.25, 0.3) is 0 Å². The van der Waals surface area contributed by atoms with Crippen molar-refractivity contribution >= 4 is 0 Å². The SMILES string of the molecule is C/C=C/C[C@H](CCc1ccccc1)NO. The fraction of sp³-hybridized carbons (Fsp3) is 0.385. The van der Waals surface area contributed by atoms with Gasteiger partial charge in [0, 0.05) is 6.04 Å². The van der Waals surface area contributed by atoms with Crippen molar-refractivity contribution in [3.8, 4) is 0 Å². The lowest BCUT2D eigenvalue weighted by atomic mass is 10.0. The van der Waals surface area contributed by atoms with Gasteiger partial charge < -0.3 is 5.21 Å². The lowest BCUT2D eigenvalue weighted by molar-refractivity contribution is 0.122. The Hall–Kier alpha value is -1.12. The van der Waals surface area contributed by atoms with Crippen LogP contribution in [0.5, 0.6) is 0 Å². The third kappa shape index (κ3) is 4.77. The van der Waals surface area contributed by atoms with Crippen LogP contribution < -0.4 is 5.48 Å². The first-order valence-electron chi connectivity index (χ1n) is 5.41. The zero-order chi connectivity index (χ0) is 10.9. The fourth-order valence-electron chi connectivity index (χ4n) is 1.52. The van der Waals surface area contributed by atoms with E-state index < -0.39 is 0 Å². The van der Waals surface area contributed by atoms with Crippen LogP contribution in [0.4, 0.5) is 0 Å². The molecule has 2 nitrogen and oxygen atoms in total. The van der Waals surface area contributed by atoms with Crippen molar-refractivity contribution in [2.24, 2.45) is 0 Å². The van der Waals surface area contributed by atoms with Crippen LogP contribution in [0.3, 0.4) is 0 Å². The summed E-state index contributed by atoms with van der Waals surface area (Å²) in [6, 6.07) is 10.5. The number of hydrogen-bond donors (Lipinski definition) is 2. The second-order valence-electron chi connectivity index (χ2n) is 3.66. The minimum Gasteiger partial charge on any atom is -0.317 e. The van der Waals surface area contributed by atoms with Gasteiger partial charge in [0.2, 0.25) is 0 Å². The topological polar surface area (TPSA) is 32.3 Å². The summed E-state index contributed by atoms with van der Waals surface area (Å²) in [5.74, 6) is 0. The van der Waals surface area contributed by atoms with Gasteiger partial charge in [-0.05, 0) is 31.7 Å². The Balaban J connectivity index is 2.34. The summed E-state index contributed by atoms with van der Waals surface area (Å²) in [4.78, 5) is 0. The Labute approximate surface area is 91.6 Å². The van der Waals surface area contributed by atoms with Gasteiger partial charge in [0.1, 0.15) is 0 Å². The molecule has 0 amide bonds. The molecule has 82 valence electrons. The molecule has 0 radical (unpaired) electrons. The number of rotatable bonds is 6. The predicted octanol–water partition coefficient (Wildman–Crippen LogP) is 2.93. The van der Waals surface area contributed by atoms with E-state index >= 15 is 0 Å². The van der Waals surface area contributed by atoms with Crippen LogP contribution >= 0.6 is 0 Å². The summed E-state index contributed by atoms with van der Waals surface area (Å²) >= 11 is 0. The minimum absolute atomic E-state index is 0.154. The lowest BCUT2D eigenvalue weighted by Crippen LogP contribution is -2.25. The van der Waals surface area contributed by atoms with Gasteiger partial charge in [-0.3, -0.25) is 0 Å². The molecule has 1 aromatic rings. The predicted molar refractivity (Wildman–Crippen MR) is 62.9 cm³/mol. The molecule has 1 rings (SSSR count). The van der Waals surface area contributed by atoms with E-state index in [9.17, 15) is 0 Å². The number of benzene rings is 1. The van der Waals surface area contributed by atoms with Crippen molar-refractivity contribution in [3.63, 3.8) is 0 Å². The van der Waals surface area contributed by atoms with E-state index in [2.05, 4.69) is 23.7 Å². The zero-order valence-electron chi connectivity index (χ0n) is 9.19. The summed E-state index contributed by atoms with van der Waals surface area (Å²) in [6.45, 7) is 1.99. The normalized spacial score (nSPS) is 13.2. The summed E-state index contributed by atoms with van der Waals surface area (Å²) in [5, 5.41) is 8.95. The first-order chi connectivity index (χ1) is 7.36. The van der Waals surface area contributed by atoms with Gasteiger partial charge in [0.05, 0.1) is 0 Å². The Morgan fingerprint density at radius 3 is 2.67 bits per heavy atom. The molecule has 2 N–H and O–H groups in total. The van der Waals surface area contributed by atoms with Gasteiger partial charge in [-0.1, -0.05) is 42.5 Å². The fourth-order valence-corrected chi connectivity index (χ4v) is 1.52. The van der Waals surface area contributed by atoms with Gasteiger partial charge in [0.15, 0.2) is 0 Å². The van der Waals surface area contributed by atoms with Crippen LogP contribution in [0.2, 0.25) is 0 Å². The Morgan fingerprint density at radius 1 is 1.33 bits per heavy atom. The first-order valence-corrected chi connectivity index (χ1v) is 5.41. The zero-order valence-corrected chi connectivity index (χ0v) is 9.19. The molecule has 0 saturated carbocycles. The molecule has 1 atom stereocenters. The number of hydrogen-bond acceptors (Lipinski definition) is 2. The van der Waals surface area contributed by atoms with Gasteiger partial charge in [-0.15, -0.1) is 0 Å². The third-order valence-corrected chi connectivity index (χ3v) is 2.46. The highest BCUT2D eigenvalue weighted by atomic mass is 16.5. The minimum atomic E-state index is 0.154. The lowest BCUT2D eigenvalue weighted by Gasteiger charge is -2.12. The molecule has 0 bridgehead atoms. The smallest absolute Gasteiger partial charge is 0.0357 e. The monoisotopic (exact) mass is 205 g/mol. The van der Waals surface area contributed by atoms with Crippen molar-refractivity contribution in [2.45, 2.75) is 32.2 Å². The Kier molecular flexibility index (Phi) is 5.74. The molecule has 0 unspecified atom stereocenters. The highest BCUT2D eigenvalue weighted by molar-refractivity contribution is 5.14. The van der Waals surface area contributed by atoms with Crippen LogP contribution in [0.1, 0.15) is 25.3 Å². The molecule has 0 aliphatic rings. The van der Waals surface area contributed by atoms with E-state index in [1.165, 1.54) is 5.56 Å². The standard InChI is InChI=1S/C13H19NO/c1-2-3-9-13(14-15)11-10-12-7-5-4-6-8-12/h2-8,13-15H,9-11H2,1H3/b3-2+/t13-/m1/s1. The molecular formula is C13H19NO. The van der Waals surface area contributed by atoms with Crippen LogP contribution in [-0.4, -0.2) is 11.2 Å². The number of nitrogens with one attached hydrogen (secondary N) is 1. The van der Waals surface area contributed by atoms with Gasteiger partial charge in [-0.2, -0.15) is 0 Å². The number of hydroxylamine groups is 1. The molecule has 0 fully saturated rings. The molecule has 15 heavy (non-hydrogen) atoms. The largest absolute Gasteiger partial charge is 0.317 e. The van der Waals surface area contributed by atoms with Crippen molar-refractivity contribution in [3.05, 3.63) is 48.0 Å². The maximum Gasteiger partial charge on any atom is 0.0357 e. The Bertz CT molecular complexity index is 282. The third-order valence-electron chi connectivity index (χ3n) is 2.46. The van der Waals surface area contributed by atoms with Gasteiger partial charge >= 0.3 is 0 Å². The van der Waals surface area contributed by atoms with E-state index in [4.69, 9.17) is 5.21 Å². The highest BCUT2D eigenvalue weighted by Gasteiger charge is 2.04. The number of aryl methyl sites for hydroxylation is 1. The molecule has 0 aromatic heterocycles. The van der Waals surface area contributed by atoms with Gasteiger partial charge in [0.25, 0.3) is 0 Å². The molecule has 1 aromatic carbocycles. The molecule has 0 saturated heterocycles. The van der Waals surface area contributed by atoms with E-state index in [1.807, 2.05) is 31.2 Å². The first kappa shape index (κ1) is 12.0. The van der Waals surface area contributed by atoms with E-state index in [0.717, 1.165) is 19.3 Å². The molecule has 0 heterocycles. The average Bonchev–Trinajstić information content (AvgIpc) is 2.31. The maximum absolute atomic E-state index is 8.95. The molecular weight excluding hydrogens is 186 g/mol. The Morgan fingerprint density at radius 2 is 2.07 bits per heavy atom. The second-order valence-corrected chi connectivity index (χ2v) is 3.66. The summed E-state index contributed by atoms with van der Waals surface area (Å²) in [6.07, 6.45) is 6.90. The summed E-state index contributed by atoms with van der Waals surface area (Å²) < 4.78 is 0. The van der Waals surface area contributed by atoms with E-state index in [-0.39, 0.29) is 6.04 Å². The van der Waals surface area contributed by atoms with Crippen molar-refractivity contribution in [1.29, 1.82) is 0 Å². The summed E-state index contributed by atoms with van der Waals surface area (Å²) in [5.41, 5.74) is 3.67. The van der Waals surface area contributed by atoms with Crippen LogP contribution in [0, 0.1) is 0 Å². The highest BCUT2D eigenvalue weighted by Crippen LogP contribution is 2.07. The molecule has 2 heteroatoms. The molecule has 0 aliphatic carbocycles. The maximum atomic E-state index is 8.95. The van der Waals surface area contributed by atoms with Crippen molar-refractivity contribution < 1.29 is 5.21 Å². The molecule has 0 aliphatic heterocycles. The molecule has 0 spiro atoms. The van der Waals surface area contributed by atoms with Crippen LogP contribution in [0.15, 0.2) is 42.5 Å². The number of allylic oxidation sites excluding steroid dienone is 1. The van der Waals surface area contributed by atoms with Crippen LogP contribution in [-0.2, 0) is 6.42 Å².